The Bertz CT molecular complexity index is 817. The van der Waals surface area contributed by atoms with E-state index >= 15 is 0 Å². The number of carbonyl (C=O) groups is 1. The molecule has 1 N–H and O–H groups in total. The number of ether oxygens (including phenoxy) is 1. The summed E-state index contributed by atoms with van der Waals surface area (Å²) >= 11 is 5.08. The summed E-state index contributed by atoms with van der Waals surface area (Å²) in [7, 11) is 0. The minimum atomic E-state index is -0.532. The fourth-order valence-corrected chi connectivity index (χ4v) is 4.22. The van der Waals surface area contributed by atoms with Crippen LogP contribution in [0.4, 0.5) is 0 Å². The fourth-order valence-electron chi connectivity index (χ4n) is 2.98. The van der Waals surface area contributed by atoms with Gasteiger partial charge in [-0.25, -0.2) is 0 Å². The quantitative estimate of drug-likeness (QED) is 0.728. The summed E-state index contributed by atoms with van der Waals surface area (Å²) in [5.74, 6) is 1.61. The molecule has 1 unspecified atom stereocenters. The molecule has 4 nitrogen and oxygen atoms in total. The molecule has 1 aliphatic rings. The number of nitrogens with one attached hydrogen (secondary N) is 1. The van der Waals surface area contributed by atoms with Gasteiger partial charge in [-0.15, -0.1) is 11.8 Å². The number of rotatable bonds is 1. The second-order valence-electron chi connectivity index (χ2n) is 7.38. The van der Waals surface area contributed by atoms with Gasteiger partial charge < -0.3 is 10.1 Å². The van der Waals surface area contributed by atoms with Crippen molar-refractivity contribution in [2.75, 3.05) is 5.75 Å². The third kappa shape index (κ3) is 4.29. The molecule has 1 aromatic carbocycles. The van der Waals surface area contributed by atoms with Crippen LogP contribution in [0.5, 0.6) is 5.75 Å². The van der Waals surface area contributed by atoms with Gasteiger partial charge in [-0.05, 0) is 79.9 Å². The van der Waals surface area contributed by atoms with Gasteiger partial charge in [0.1, 0.15) is 5.75 Å². The molecule has 0 aliphatic carbocycles. The zero-order valence-electron chi connectivity index (χ0n) is 15.0. The molecule has 0 saturated carbocycles. The predicted molar refractivity (Wildman–Crippen MR) is 107 cm³/mol. The predicted octanol–water partition coefficient (Wildman–Crippen LogP) is 4.60. The van der Waals surface area contributed by atoms with E-state index in [4.69, 9.17) is 4.74 Å². The van der Waals surface area contributed by atoms with Crippen molar-refractivity contribution >= 4 is 44.5 Å². The lowest BCUT2D eigenvalue weighted by Gasteiger charge is -2.27. The average Bonchev–Trinajstić information content (AvgIpc) is 2.47. The van der Waals surface area contributed by atoms with E-state index in [0.717, 1.165) is 50.8 Å². The minimum absolute atomic E-state index is 0.0736. The molecule has 134 valence electrons. The van der Waals surface area contributed by atoms with Gasteiger partial charge in [0.15, 0.2) is 0 Å². The first-order valence-electron chi connectivity index (χ1n) is 8.42. The zero-order valence-corrected chi connectivity index (χ0v) is 17.4. The lowest BCUT2D eigenvalue weighted by molar-refractivity contribution is -0.125. The van der Waals surface area contributed by atoms with Crippen molar-refractivity contribution in [1.82, 2.24) is 10.3 Å². The standard InChI is InChI=1S/C19H23BrN2O2S/c1-11-8-15-13(14-9-12(20)10-21-16(11)14)6-5-7-25-18(24-15)17(23)22-19(2,3)4/h8-10,18H,5-7H2,1-4H3,(H,22,23). The van der Waals surface area contributed by atoms with E-state index in [2.05, 4.69) is 32.3 Å². The maximum atomic E-state index is 12.6. The van der Waals surface area contributed by atoms with Gasteiger partial charge in [0.25, 0.3) is 5.91 Å². The van der Waals surface area contributed by atoms with Gasteiger partial charge in [0.05, 0.1) is 5.52 Å². The number of nitrogens with zero attached hydrogens (tertiary/aromatic N) is 1. The highest BCUT2D eigenvalue weighted by Gasteiger charge is 2.28. The Morgan fingerprint density at radius 3 is 2.88 bits per heavy atom. The van der Waals surface area contributed by atoms with E-state index in [-0.39, 0.29) is 11.4 Å². The number of aryl methyl sites for hydroxylation is 2. The van der Waals surface area contributed by atoms with Crippen molar-refractivity contribution in [2.24, 2.45) is 0 Å². The van der Waals surface area contributed by atoms with E-state index in [9.17, 15) is 4.79 Å². The van der Waals surface area contributed by atoms with E-state index in [1.807, 2.05) is 40.0 Å². The topological polar surface area (TPSA) is 51.2 Å². The second kappa shape index (κ2) is 7.16. The maximum absolute atomic E-state index is 12.6. The average molecular weight is 423 g/mol. The van der Waals surface area contributed by atoms with Gasteiger partial charge in [-0.1, -0.05) is 0 Å². The number of hydrogen-bond acceptors (Lipinski definition) is 4. The maximum Gasteiger partial charge on any atom is 0.272 e. The molecule has 1 amide bonds. The Balaban J connectivity index is 2.02. The molecule has 6 heteroatoms. The molecule has 2 heterocycles. The van der Waals surface area contributed by atoms with Crippen molar-refractivity contribution in [3.05, 3.63) is 33.9 Å². The first-order valence-corrected chi connectivity index (χ1v) is 10.3. The third-order valence-electron chi connectivity index (χ3n) is 3.98. The number of hydrogen-bond donors (Lipinski definition) is 1. The van der Waals surface area contributed by atoms with Crippen LogP contribution in [0.2, 0.25) is 0 Å². The Kier molecular flexibility index (Phi) is 5.30. The SMILES string of the molecule is Cc1cc2c(c3cc(Br)cnc13)CCCSC(C(=O)NC(C)(C)C)O2. The summed E-state index contributed by atoms with van der Waals surface area (Å²) in [5, 5.41) is 4.13. The molecule has 0 fully saturated rings. The molecule has 1 atom stereocenters. The highest BCUT2D eigenvalue weighted by Crippen LogP contribution is 2.36. The van der Waals surface area contributed by atoms with Crippen molar-refractivity contribution in [2.45, 2.75) is 51.5 Å². The monoisotopic (exact) mass is 422 g/mol. The van der Waals surface area contributed by atoms with Gasteiger partial charge in [0, 0.05) is 27.2 Å². The van der Waals surface area contributed by atoms with Crippen LogP contribution in [-0.2, 0) is 11.2 Å². The molecule has 0 bridgehead atoms. The Morgan fingerprint density at radius 1 is 1.40 bits per heavy atom. The lowest BCUT2D eigenvalue weighted by atomic mass is 9.99. The Hall–Kier alpha value is -1.27. The summed E-state index contributed by atoms with van der Waals surface area (Å²) in [4.78, 5) is 17.2. The van der Waals surface area contributed by atoms with E-state index < -0.39 is 5.44 Å². The first kappa shape index (κ1) is 18.5. The summed E-state index contributed by atoms with van der Waals surface area (Å²) in [6, 6.07) is 4.11. The summed E-state index contributed by atoms with van der Waals surface area (Å²) < 4.78 is 7.13. The number of thioether (sulfide) groups is 1. The minimum Gasteiger partial charge on any atom is -0.469 e. The molecule has 0 saturated heterocycles. The van der Waals surface area contributed by atoms with Crippen molar-refractivity contribution < 1.29 is 9.53 Å². The lowest BCUT2D eigenvalue weighted by Crippen LogP contribution is -2.47. The van der Waals surface area contributed by atoms with E-state index in [0.29, 0.717) is 0 Å². The number of halogens is 1. The summed E-state index contributed by atoms with van der Waals surface area (Å²) in [6.07, 6.45) is 3.75. The van der Waals surface area contributed by atoms with E-state index in [1.165, 1.54) is 0 Å². The van der Waals surface area contributed by atoms with Crippen molar-refractivity contribution in [3.8, 4) is 5.75 Å². The Morgan fingerprint density at radius 2 is 2.16 bits per heavy atom. The smallest absolute Gasteiger partial charge is 0.272 e. The van der Waals surface area contributed by atoms with Crippen LogP contribution in [0.3, 0.4) is 0 Å². The van der Waals surface area contributed by atoms with Crippen molar-refractivity contribution in [1.29, 1.82) is 0 Å². The first-order chi connectivity index (χ1) is 11.7. The zero-order chi connectivity index (χ0) is 18.2. The van der Waals surface area contributed by atoms with Crippen LogP contribution >= 0.6 is 27.7 Å². The highest BCUT2D eigenvalue weighted by atomic mass is 79.9. The van der Waals surface area contributed by atoms with Crippen LogP contribution in [0.15, 0.2) is 22.8 Å². The number of carbonyl (C=O) groups excluding carboxylic acids is 1. The van der Waals surface area contributed by atoms with Gasteiger partial charge >= 0.3 is 0 Å². The molecule has 25 heavy (non-hydrogen) atoms. The summed E-state index contributed by atoms with van der Waals surface area (Å²) in [5.41, 5.74) is 2.38. The number of aromatic nitrogens is 1. The van der Waals surface area contributed by atoms with E-state index in [1.54, 1.807) is 11.8 Å². The highest BCUT2D eigenvalue weighted by molar-refractivity contribution is 9.10. The number of pyridine rings is 1. The third-order valence-corrected chi connectivity index (χ3v) is 5.56. The Labute approximate surface area is 161 Å². The molecular weight excluding hydrogens is 400 g/mol. The van der Waals surface area contributed by atoms with Gasteiger partial charge in [0.2, 0.25) is 5.44 Å². The summed E-state index contributed by atoms with van der Waals surface area (Å²) in [6.45, 7) is 7.97. The van der Waals surface area contributed by atoms with Crippen LogP contribution in [-0.4, -0.2) is 27.6 Å². The molecule has 2 aromatic rings. The van der Waals surface area contributed by atoms with Crippen LogP contribution in [0, 0.1) is 6.92 Å². The van der Waals surface area contributed by atoms with Crippen LogP contribution in [0.25, 0.3) is 10.9 Å². The van der Waals surface area contributed by atoms with Crippen LogP contribution < -0.4 is 10.1 Å². The molecule has 0 radical (unpaired) electrons. The fraction of sp³-hybridized carbons (Fsp3) is 0.474. The van der Waals surface area contributed by atoms with Gasteiger partial charge in [-0.2, -0.15) is 0 Å². The number of fused-ring (bicyclic) bond motifs is 3. The normalized spacial score (nSPS) is 18.0. The number of amides is 1. The second-order valence-corrected chi connectivity index (χ2v) is 9.47. The molecule has 0 spiro atoms. The molecule has 1 aliphatic heterocycles. The largest absolute Gasteiger partial charge is 0.469 e. The molecular formula is C19H23BrN2O2S. The molecule has 3 rings (SSSR count). The van der Waals surface area contributed by atoms with Gasteiger partial charge in [-0.3, -0.25) is 9.78 Å². The number of benzene rings is 1. The van der Waals surface area contributed by atoms with Crippen molar-refractivity contribution in [3.63, 3.8) is 0 Å². The molecule has 1 aromatic heterocycles. The van der Waals surface area contributed by atoms with Crippen LogP contribution in [0.1, 0.15) is 38.3 Å².